The van der Waals surface area contributed by atoms with Crippen molar-refractivity contribution >= 4 is 35.2 Å². The molecule has 3 aromatic carbocycles. The molecule has 0 atom stereocenters. The fraction of sp³-hybridized carbons (Fsp3) is 0.115. The number of benzene rings is 3. The molecule has 4 N–H and O–H groups in total. The number of aromatic hydroxyl groups is 1. The zero-order chi connectivity index (χ0) is 24.1. The van der Waals surface area contributed by atoms with Crippen molar-refractivity contribution in [3.8, 4) is 11.5 Å². The number of carboxylic acids is 1. The number of anilines is 2. The van der Waals surface area contributed by atoms with Gasteiger partial charge >= 0.3 is 5.97 Å². The molecule has 34 heavy (non-hydrogen) atoms. The molecule has 0 spiro atoms. The number of nitrogens with one attached hydrogen (secondary N) is 2. The summed E-state index contributed by atoms with van der Waals surface area (Å²) in [5.74, 6) is -1.41. The first-order valence-corrected chi connectivity index (χ1v) is 10.6. The number of phenols is 1. The minimum atomic E-state index is -0.891. The molecule has 0 fully saturated rings. The van der Waals surface area contributed by atoms with Crippen LogP contribution < -0.4 is 15.4 Å². The second-order valence-electron chi connectivity index (χ2n) is 7.70. The number of amides is 2. The van der Waals surface area contributed by atoms with E-state index in [0.717, 1.165) is 5.56 Å². The van der Waals surface area contributed by atoms with E-state index in [0.29, 0.717) is 34.7 Å². The van der Waals surface area contributed by atoms with Crippen LogP contribution in [-0.4, -0.2) is 34.6 Å². The minimum Gasteiger partial charge on any atom is -0.504 e. The minimum absolute atomic E-state index is 0.00209. The van der Waals surface area contributed by atoms with Crippen LogP contribution in [0.2, 0.25) is 0 Å². The van der Waals surface area contributed by atoms with Gasteiger partial charge in [0.2, 0.25) is 0 Å². The van der Waals surface area contributed by atoms with E-state index in [1.54, 1.807) is 66.7 Å². The van der Waals surface area contributed by atoms with Crippen LogP contribution >= 0.6 is 0 Å². The number of carbonyl (C=O) groups is 3. The van der Waals surface area contributed by atoms with E-state index in [-0.39, 0.29) is 24.3 Å². The van der Waals surface area contributed by atoms with E-state index < -0.39 is 17.8 Å². The van der Waals surface area contributed by atoms with Crippen LogP contribution in [-0.2, 0) is 16.0 Å². The highest BCUT2D eigenvalue weighted by Gasteiger charge is 2.21. The lowest BCUT2D eigenvalue weighted by Crippen LogP contribution is -2.23. The zero-order valence-corrected chi connectivity index (χ0v) is 18.1. The molecule has 0 bridgehead atoms. The maximum absolute atomic E-state index is 12.9. The normalized spacial score (nSPS) is 12.1. The smallest absolute Gasteiger partial charge is 0.303 e. The molecule has 3 aromatic rings. The fourth-order valence-electron chi connectivity index (χ4n) is 3.57. The SMILES string of the molecule is O=C(O)CCc1cccc(NC(=O)c2ccccc2NC(=O)C2=Cc3cccc(O)c3OC2)c1. The van der Waals surface area contributed by atoms with E-state index >= 15 is 0 Å². The van der Waals surface area contributed by atoms with Gasteiger partial charge in [0, 0.05) is 17.7 Å². The third-order valence-corrected chi connectivity index (χ3v) is 5.25. The number of para-hydroxylation sites is 2. The number of carboxylic acid groups (broad SMARTS) is 1. The van der Waals surface area contributed by atoms with Gasteiger partial charge in [-0.05, 0) is 48.4 Å². The lowest BCUT2D eigenvalue weighted by atomic mass is 10.1. The Bertz CT molecular complexity index is 1300. The number of hydrogen-bond donors (Lipinski definition) is 4. The van der Waals surface area contributed by atoms with Crippen LogP contribution in [0.1, 0.15) is 27.9 Å². The molecular formula is C26H22N2O6. The molecule has 0 saturated heterocycles. The number of carbonyl (C=O) groups excluding carboxylic acids is 2. The first kappa shape index (κ1) is 22.6. The van der Waals surface area contributed by atoms with Gasteiger partial charge in [-0.25, -0.2) is 0 Å². The van der Waals surface area contributed by atoms with Crippen LogP contribution in [0.4, 0.5) is 11.4 Å². The summed E-state index contributed by atoms with van der Waals surface area (Å²) >= 11 is 0. The van der Waals surface area contributed by atoms with Gasteiger partial charge in [0.15, 0.2) is 11.5 Å². The second-order valence-corrected chi connectivity index (χ2v) is 7.70. The predicted molar refractivity (Wildman–Crippen MR) is 127 cm³/mol. The topological polar surface area (TPSA) is 125 Å². The zero-order valence-electron chi connectivity index (χ0n) is 18.1. The number of hydrogen-bond acceptors (Lipinski definition) is 5. The van der Waals surface area contributed by atoms with Crippen LogP contribution in [0.5, 0.6) is 11.5 Å². The van der Waals surface area contributed by atoms with E-state index in [2.05, 4.69) is 10.6 Å². The van der Waals surface area contributed by atoms with Gasteiger partial charge < -0.3 is 25.6 Å². The summed E-state index contributed by atoms with van der Waals surface area (Å²) in [5.41, 5.74) is 2.84. The van der Waals surface area contributed by atoms with E-state index in [1.165, 1.54) is 6.07 Å². The maximum atomic E-state index is 12.9. The summed E-state index contributed by atoms with van der Waals surface area (Å²) in [5, 5.41) is 24.3. The van der Waals surface area contributed by atoms with Crippen molar-refractivity contribution in [3.63, 3.8) is 0 Å². The molecule has 0 aromatic heterocycles. The van der Waals surface area contributed by atoms with Crippen LogP contribution in [0.3, 0.4) is 0 Å². The van der Waals surface area contributed by atoms with Gasteiger partial charge in [0.05, 0.1) is 16.8 Å². The Hall–Kier alpha value is -4.59. The Kier molecular flexibility index (Phi) is 6.59. The number of ether oxygens (including phenoxy) is 1. The predicted octanol–water partition coefficient (Wildman–Crippen LogP) is 4.08. The Balaban J connectivity index is 1.49. The molecule has 2 amide bonds. The average Bonchev–Trinajstić information content (AvgIpc) is 2.83. The Morgan fingerprint density at radius 3 is 2.53 bits per heavy atom. The third kappa shape index (κ3) is 5.24. The Labute approximate surface area is 195 Å². The standard InChI is InChI=1S/C26H22N2O6/c29-22-10-4-6-17-14-18(15-34-24(17)22)25(32)28-21-9-2-1-8-20(21)26(33)27-19-7-3-5-16(13-19)11-12-23(30)31/h1-10,13-14,29H,11-12,15H2,(H,27,33)(H,28,32)(H,30,31). The number of aliphatic carboxylic acids is 1. The van der Waals surface area contributed by atoms with Crippen molar-refractivity contribution in [2.45, 2.75) is 12.8 Å². The highest BCUT2D eigenvalue weighted by atomic mass is 16.5. The highest BCUT2D eigenvalue weighted by molar-refractivity contribution is 6.13. The first-order chi connectivity index (χ1) is 16.4. The molecule has 0 saturated carbocycles. The number of aryl methyl sites for hydroxylation is 1. The first-order valence-electron chi connectivity index (χ1n) is 10.6. The molecule has 1 aliphatic rings. The molecule has 8 heteroatoms. The van der Waals surface area contributed by atoms with Gasteiger partial charge in [-0.15, -0.1) is 0 Å². The summed E-state index contributed by atoms with van der Waals surface area (Å²) in [6, 6.07) is 18.5. The summed E-state index contributed by atoms with van der Waals surface area (Å²) in [6.45, 7) is -0.0199. The third-order valence-electron chi connectivity index (χ3n) is 5.25. The highest BCUT2D eigenvalue weighted by Crippen LogP contribution is 2.35. The van der Waals surface area contributed by atoms with Crippen molar-refractivity contribution in [1.82, 2.24) is 0 Å². The summed E-state index contributed by atoms with van der Waals surface area (Å²) in [4.78, 5) is 36.6. The van der Waals surface area contributed by atoms with E-state index in [9.17, 15) is 19.5 Å². The van der Waals surface area contributed by atoms with Gasteiger partial charge in [0.25, 0.3) is 11.8 Å². The molecule has 172 valence electrons. The number of rotatable bonds is 7. The number of phenolic OH excluding ortho intramolecular Hbond substituents is 1. The van der Waals surface area contributed by atoms with Gasteiger partial charge in [-0.1, -0.05) is 36.4 Å². The molecule has 0 aliphatic carbocycles. The second kappa shape index (κ2) is 9.91. The van der Waals surface area contributed by atoms with Crippen molar-refractivity contribution in [2.75, 3.05) is 17.2 Å². The largest absolute Gasteiger partial charge is 0.504 e. The van der Waals surface area contributed by atoms with Crippen LogP contribution in [0, 0.1) is 0 Å². The van der Waals surface area contributed by atoms with E-state index in [1.807, 2.05) is 0 Å². The molecule has 1 heterocycles. The molecule has 1 aliphatic heterocycles. The molecule has 4 rings (SSSR count). The van der Waals surface area contributed by atoms with Crippen molar-refractivity contribution in [1.29, 1.82) is 0 Å². The fourth-order valence-corrected chi connectivity index (χ4v) is 3.57. The Morgan fingerprint density at radius 2 is 1.71 bits per heavy atom. The monoisotopic (exact) mass is 458 g/mol. The lowest BCUT2D eigenvalue weighted by Gasteiger charge is -2.19. The molecular weight excluding hydrogens is 436 g/mol. The van der Waals surface area contributed by atoms with Crippen molar-refractivity contribution in [3.05, 3.63) is 89.0 Å². The number of fused-ring (bicyclic) bond motifs is 1. The van der Waals surface area contributed by atoms with Crippen LogP contribution in [0.25, 0.3) is 6.08 Å². The van der Waals surface area contributed by atoms with Gasteiger partial charge in [-0.2, -0.15) is 0 Å². The van der Waals surface area contributed by atoms with Crippen molar-refractivity contribution < 1.29 is 29.3 Å². The molecule has 0 radical (unpaired) electrons. The van der Waals surface area contributed by atoms with Crippen LogP contribution in [0.15, 0.2) is 72.3 Å². The summed E-state index contributed by atoms with van der Waals surface area (Å²) in [7, 11) is 0. The maximum Gasteiger partial charge on any atom is 0.303 e. The molecule has 0 unspecified atom stereocenters. The van der Waals surface area contributed by atoms with Gasteiger partial charge in [0.1, 0.15) is 6.61 Å². The summed E-state index contributed by atoms with van der Waals surface area (Å²) in [6.07, 6.45) is 1.99. The van der Waals surface area contributed by atoms with Gasteiger partial charge in [-0.3, -0.25) is 14.4 Å². The average molecular weight is 458 g/mol. The Morgan fingerprint density at radius 1 is 0.912 bits per heavy atom. The molecule has 8 nitrogen and oxygen atoms in total. The summed E-state index contributed by atoms with van der Waals surface area (Å²) < 4.78 is 5.53. The van der Waals surface area contributed by atoms with Crippen molar-refractivity contribution in [2.24, 2.45) is 0 Å². The quantitative estimate of drug-likeness (QED) is 0.423. The van der Waals surface area contributed by atoms with E-state index in [4.69, 9.17) is 9.84 Å². The lowest BCUT2D eigenvalue weighted by molar-refractivity contribution is -0.137.